The Labute approximate surface area is 222 Å². The Morgan fingerprint density at radius 1 is 1.16 bits per heavy atom. The molecule has 0 spiro atoms. The minimum atomic E-state index is -4.13. The molecule has 4 rings (SSSR count). The minimum absolute atomic E-state index is 0.0421. The number of aromatic nitrogens is 2. The highest BCUT2D eigenvalue weighted by molar-refractivity contribution is 7.89. The van der Waals surface area contributed by atoms with E-state index in [1.165, 1.54) is 5.56 Å². The van der Waals surface area contributed by atoms with E-state index in [4.69, 9.17) is 0 Å². The number of amides is 1. The topological polar surface area (TPSA) is 142 Å². The Morgan fingerprint density at radius 2 is 1.87 bits per heavy atom. The van der Waals surface area contributed by atoms with Crippen LogP contribution in [0.2, 0.25) is 0 Å². The molecule has 202 valence electrons. The zero-order valence-electron chi connectivity index (χ0n) is 22.0. The largest absolute Gasteiger partial charge is 0.480 e. The summed E-state index contributed by atoms with van der Waals surface area (Å²) in [5.41, 5.74) is 5.43. The maximum Gasteiger partial charge on any atom is 0.323 e. The number of benzene rings is 1. The second-order valence-corrected chi connectivity index (χ2v) is 11.4. The van der Waals surface area contributed by atoms with E-state index in [0.717, 1.165) is 42.0 Å². The normalized spacial score (nSPS) is 13.9. The number of aryl methyl sites for hydroxylation is 5. The zero-order chi connectivity index (χ0) is 27.6. The first-order chi connectivity index (χ1) is 17.9. The molecule has 1 aliphatic heterocycles. The molecule has 1 aromatic carbocycles. The minimum Gasteiger partial charge on any atom is -0.480 e. The molecule has 0 aliphatic carbocycles. The van der Waals surface area contributed by atoms with Crippen LogP contribution in [0.25, 0.3) is 0 Å². The van der Waals surface area contributed by atoms with Crippen LogP contribution in [-0.2, 0) is 27.8 Å². The molecule has 0 saturated heterocycles. The average molecular weight is 540 g/mol. The fraction of sp³-hybridized carbons (Fsp3) is 0.370. The van der Waals surface area contributed by atoms with Crippen LogP contribution >= 0.6 is 0 Å². The number of nitrogens with one attached hydrogen (secondary N) is 3. The molecule has 3 aromatic rings. The Hall–Kier alpha value is -3.70. The molecule has 4 N–H and O–H groups in total. The van der Waals surface area contributed by atoms with Crippen molar-refractivity contribution in [3.05, 3.63) is 75.7 Å². The maximum atomic E-state index is 13.0. The maximum absolute atomic E-state index is 13.0. The van der Waals surface area contributed by atoms with Gasteiger partial charge < -0.3 is 20.3 Å². The number of hydrogen-bond acceptors (Lipinski definition) is 6. The third-order valence-corrected chi connectivity index (χ3v) is 8.39. The SMILES string of the molecule is Cc1cc(C)c(S(=O)(=O)NC(CNC(=O)c2ccn(Cc3cc4c(nc3C)NCCC4)c2)C(=O)O)c(C)c1. The molecule has 3 heterocycles. The smallest absolute Gasteiger partial charge is 0.323 e. The standard InChI is InChI=1S/C27H33N5O5S/c1-16-10-17(2)24(18(3)11-16)38(36,37)31-23(27(34)35)13-29-26(33)21-7-9-32(14-21)15-22-12-20-6-5-8-28-25(20)30-19(22)4/h7,9-12,14,23,31H,5-6,8,13,15H2,1-4H3,(H,28,30)(H,29,33)(H,34,35). The van der Waals surface area contributed by atoms with E-state index < -0.39 is 34.5 Å². The summed E-state index contributed by atoms with van der Waals surface area (Å²) >= 11 is 0. The lowest BCUT2D eigenvalue weighted by atomic mass is 10.0. The number of carbonyl (C=O) groups is 2. The van der Waals surface area contributed by atoms with Crippen molar-refractivity contribution in [1.82, 2.24) is 19.6 Å². The fourth-order valence-corrected chi connectivity index (χ4v) is 6.51. The van der Waals surface area contributed by atoms with Gasteiger partial charge in [-0.2, -0.15) is 4.72 Å². The van der Waals surface area contributed by atoms with Gasteiger partial charge in [0, 0.05) is 37.7 Å². The first-order valence-corrected chi connectivity index (χ1v) is 13.9. The number of carboxylic acid groups (broad SMARTS) is 1. The van der Waals surface area contributed by atoms with Crippen LogP contribution in [-0.4, -0.2) is 54.1 Å². The summed E-state index contributed by atoms with van der Waals surface area (Å²) in [6, 6.07) is 5.69. The Bertz CT molecular complexity index is 1470. The first-order valence-electron chi connectivity index (χ1n) is 12.4. The molecule has 0 fully saturated rings. The molecule has 38 heavy (non-hydrogen) atoms. The highest BCUT2D eigenvalue weighted by Crippen LogP contribution is 2.24. The second kappa shape index (κ2) is 11.0. The predicted octanol–water partition coefficient (Wildman–Crippen LogP) is 2.68. The van der Waals surface area contributed by atoms with E-state index in [0.29, 0.717) is 23.2 Å². The van der Waals surface area contributed by atoms with E-state index in [9.17, 15) is 23.1 Å². The van der Waals surface area contributed by atoms with E-state index in [1.807, 2.05) is 18.4 Å². The number of hydrogen-bond donors (Lipinski definition) is 4. The molecule has 0 radical (unpaired) electrons. The number of sulfonamides is 1. The highest BCUT2D eigenvalue weighted by atomic mass is 32.2. The number of rotatable bonds is 9. The first kappa shape index (κ1) is 27.3. The van der Waals surface area contributed by atoms with Crippen LogP contribution < -0.4 is 15.4 Å². The van der Waals surface area contributed by atoms with Gasteiger partial charge in [0.2, 0.25) is 10.0 Å². The van der Waals surface area contributed by atoms with Gasteiger partial charge in [-0.15, -0.1) is 0 Å². The van der Waals surface area contributed by atoms with Gasteiger partial charge in [-0.3, -0.25) is 9.59 Å². The van der Waals surface area contributed by atoms with Crippen molar-refractivity contribution < 1.29 is 23.1 Å². The predicted molar refractivity (Wildman–Crippen MR) is 144 cm³/mol. The van der Waals surface area contributed by atoms with Gasteiger partial charge in [-0.1, -0.05) is 17.7 Å². The van der Waals surface area contributed by atoms with E-state index in [2.05, 4.69) is 26.4 Å². The van der Waals surface area contributed by atoms with Gasteiger partial charge in [0.1, 0.15) is 11.9 Å². The van der Waals surface area contributed by atoms with Gasteiger partial charge in [-0.25, -0.2) is 13.4 Å². The molecular weight excluding hydrogens is 506 g/mol. The summed E-state index contributed by atoms with van der Waals surface area (Å²) in [4.78, 5) is 29.3. The van der Waals surface area contributed by atoms with Crippen LogP contribution in [0.3, 0.4) is 0 Å². The number of pyridine rings is 1. The molecule has 2 aromatic heterocycles. The summed E-state index contributed by atoms with van der Waals surface area (Å²) in [5, 5.41) is 15.5. The van der Waals surface area contributed by atoms with E-state index in [-0.39, 0.29) is 4.90 Å². The molecule has 1 atom stereocenters. The van der Waals surface area contributed by atoms with Gasteiger partial charge >= 0.3 is 5.97 Å². The van der Waals surface area contributed by atoms with E-state index >= 15 is 0 Å². The fourth-order valence-electron chi connectivity index (χ4n) is 4.87. The van der Waals surface area contributed by atoms with E-state index in [1.54, 1.807) is 44.4 Å². The van der Waals surface area contributed by atoms with Crippen molar-refractivity contribution in [3.8, 4) is 0 Å². The zero-order valence-corrected chi connectivity index (χ0v) is 22.8. The summed E-state index contributed by atoms with van der Waals surface area (Å²) in [6.07, 6.45) is 5.47. The van der Waals surface area contributed by atoms with Crippen LogP contribution in [0, 0.1) is 27.7 Å². The number of carboxylic acids is 1. The molecule has 1 unspecified atom stereocenters. The van der Waals surface area contributed by atoms with Gasteiger partial charge in [0.25, 0.3) is 5.91 Å². The van der Waals surface area contributed by atoms with Crippen molar-refractivity contribution in [3.63, 3.8) is 0 Å². The molecule has 10 nitrogen and oxygen atoms in total. The summed E-state index contributed by atoms with van der Waals surface area (Å²) in [7, 11) is -4.13. The van der Waals surface area contributed by atoms with Crippen molar-refractivity contribution in [2.45, 2.75) is 58.0 Å². The number of aliphatic carboxylic acids is 1. The summed E-state index contributed by atoms with van der Waals surface area (Å²) < 4.78 is 30.1. The molecule has 11 heteroatoms. The van der Waals surface area contributed by atoms with Crippen molar-refractivity contribution in [2.24, 2.45) is 0 Å². The van der Waals surface area contributed by atoms with Gasteiger partial charge in [0.05, 0.1) is 10.5 Å². The summed E-state index contributed by atoms with van der Waals surface area (Å²) in [5.74, 6) is -0.957. The summed E-state index contributed by atoms with van der Waals surface area (Å²) in [6.45, 7) is 8.18. The van der Waals surface area contributed by atoms with Crippen LogP contribution in [0.1, 0.15) is 50.3 Å². The average Bonchev–Trinajstić information content (AvgIpc) is 3.29. The van der Waals surface area contributed by atoms with Gasteiger partial charge in [0.15, 0.2) is 0 Å². The Morgan fingerprint density at radius 3 is 2.55 bits per heavy atom. The molecule has 0 bridgehead atoms. The molecule has 1 aliphatic rings. The quantitative estimate of drug-likeness (QED) is 0.327. The number of nitrogens with zero attached hydrogens (tertiary/aromatic N) is 2. The number of carbonyl (C=O) groups excluding carboxylic acids is 1. The number of anilines is 1. The monoisotopic (exact) mass is 539 g/mol. The van der Waals surface area contributed by atoms with Crippen LogP contribution in [0.5, 0.6) is 0 Å². The molecular formula is C27H33N5O5S. The molecule has 1 amide bonds. The highest BCUT2D eigenvalue weighted by Gasteiger charge is 2.28. The van der Waals surface area contributed by atoms with Crippen molar-refractivity contribution in [1.29, 1.82) is 0 Å². The van der Waals surface area contributed by atoms with Crippen LogP contribution in [0.15, 0.2) is 41.6 Å². The Kier molecular flexibility index (Phi) is 7.89. The third-order valence-electron chi connectivity index (χ3n) is 6.61. The third kappa shape index (κ3) is 6.05. The van der Waals surface area contributed by atoms with Gasteiger partial charge in [-0.05, 0) is 74.9 Å². The lowest BCUT2D eigenvalue weighted by Gasteiger charge is -2.19. The Balaban J connectivity index is 1.42. The lowest BCUT2D eigenvalue weighted by Crippen LogP contribution is -2.48. The molecule has 0 saturated carbocycles. The van der Waals surface area contributed by atoms with Crippen molar-refractivity contribution >= 4 is 27.7 Å². The van der Waals surface area contributed by atoms with Crippen LogP contribution in [0.4, 0.5) is 5.82 Å². The van der Waals surface area contributed by atoms with Crippen molar-refractivity contribution in [2.75, 3.05) is 18.4 Å². The lowest BCUT2D eigenvalue weighted by molar-refractivity contribution is -0.138. The second-order valence-electron chi connectivity index (χ2n) is 9.79. The number of fused-ring (bicyclic) bond motifs is 1.